The number of sulfonamides is 1. The molecule has 0 radical (unpaired) electrons. The number of benzene rings is 2. The normalized spacial score (nSPS) is 12.5. The van der Waals surface area contributed by atoms with Gasteiger partial charge in [-0.25, -0.2) is 13.2 Å². The monoisotopic (exact) mass is 420 g/mol. The van der Waals surface area contributed by atoms with Crippen molar-refractivity contribution in [3.63, 3.8) is 0 Å². The zero-order valence-electron chi connectivity index (χ0n) is 16.9. The van der Waals surface area contributed by atoms with Gasteiger partial charge in [-0.15, -0.1) is 0 Å². The summed E-state index contributed by atoms with van der Waals surface area (Å²) in [7, 11) is -1.47. The number of hydrogen-bond donors (Lipinski definition) is 1. The van der Waals surface area contributed by atoms with E-state index in [-0.39, 0.29) is 10.5 Å². The number of carbonyl (C=O) groups excluding carboxylic acids is 2. The molecule has 0 aliphatic rings. The molecule has 9 heteroatoms. The maximum absolute atomic E-state index is 12.4. The minimum absolute atomic E-state index is 0.00182. The van der Waals surface area contributed by atoms with Gasteiger partial charge >= 0.3 is 5.97 Å². The Morgan fingerprint density at radius 2 is 1.79 bits per heavy atom. The minimum atomic E-state index is -3.92. The molecule has 8 nitrogen and oxygen atoms in total. The van der Waals surface area contributed by atoms with Gasteiger partial charge in [-0.3, -0.25) is 9.63 Å². The van der Waals surface area contributed by atoms with Gasteiger partial charge in [-0.05, 0) is 56.2 Å². The molecule has 0 saturated heterocycles. The molecule has 156 valence electrons. The van der Waals surface area contributed by atoms with E-state index in [1.165, 1.54) is 45.3 Å². The number of carbonyl (C=O) groups is 2. The topological polar surface area (TPSA) is 102 Å². The van der Waals surface area contributed by atoms with Crippen LogP contribution in [0.25, 0.3) is 0 Å². The fourth-order valence-electron chi connectivity index (χ4n) is 2.42. The number of nitrogens with one attached hydrogen (secondary N) is 1. The standard InChI is InChI=1S/C20H24N2O6S/c1-13-9-10-14(2)18(11-13)21-19(23)15(3)28-20(24)16-7-6-8-17(12-16)29(25,26)22(4)27-5/h6-12,15H,1-5H3,(H,21,23)/t15-/m1/s1. The van der Waals surface area contributed by atoms with Crippen molar-refractivity contribution in [3.05, 3.63) is 59.2 Å². The lowest BCUT2D eigenvalue weighted by Gasteiger charge is -2.16. The van der Waals surface area contributed by atoms with Crippen molar-refractivity contribution in [2.24, 2.45) is 0 Å². The van der Waals surface area contributed by atoms with E-state index in [1.807, 2.05) is 32.0 Å². The fourth-order valence-corrected chi connectivity index (χ4v) is 3.44. The second kappa shape index (κ2) is 9.17. The third-order valence-electron chi connectivity index (χ3n) is 4.27. The van der Waals surface area contributed by atoms with Crippen LogP contribution in [-0.2, 0) is 24.4 Å². The average molecular weight is 420 g/mol. The van der Waals surface area contributed by atoms with Crippen molar-refractivity contribution in [1.29, 1.82) is 0 Å². The van der Waals surface area contributed by atoms with Crippen LogP contribution in [-0.4, -0.2) is 45.0 Å². The van der Waals surface area contributed by atoms with E-state index < -0.39 is 28.0 Å². The smallest absolute Gasteiger partial charge is 0.338 e. The van der Waals surface area contributed by atoms with Crippen LogP contribution in [0.1, 0.15) is 28.4 Å². The highest BCUT2D eigenvalue weighted by molar-refractivity contribution is 7.89. The molecule has 0 aromatic heterocycles. The number of anilines is 1. The molecule has 2 aromatic carbocycles. The molecule has 0 spiro atoms. The quantitative estimate of drug-likeness (QED) is 0.546. The molecule has 0 saturated carbocycles. The second-order valence-electron chi connectivity index (χ2n) is 6.48. The first kappa shape index (κ1) is 22.5. The zero-order valence-corrected chi connectivity index (χ0v) is 17.7. The summed E-state index contributed by atoms with van der Waals surface area (Å²) in [6.45, 7) is 5.20. The van der Waals surface area contributed by atoms with Gasteiger partial charge < -0.3 is 10.1 Å². The number of ether oxygens (including phenoxy) is 1. The molecule has 0 heterocycles. The predicted octanol–water partition coefficient (Wildman–Crippen LogP) is 2.67. The van der Waals surface area contributed by atoms with Crippen molar-refractivity contribution in [3.8, 4) is 0 Å². The summed E-state index contributed by atoms with van der Waals surface area (Å²) in [5.74, 6) is -1.30. The summed E-state index contributed by atoms with van der Waals surface area (Å²) < 4.78 is 30.5. The Morgan fingerprint density at radius 3 is 2.45 bits per heavy atom. The largest absolute Gasteiger partial charge is 0.449 e. The highest BCUT2D eigenvalue weighted by Gasteiger charge is 2.24. The van der Waals surface area contributed by atoms with Gasteiger partial charge in [0.15, 0.2) is 6.10 Å². The summed E-state index contributed by atoms with van der Waals surface area (Å²) in [6.07, 6.45) is -1.08. The zero-order chi connectivity index (χ0) is 21.8. The SMILES string of the molecule is CON(C)S(=O)(=O)c1cccc(C(=O)O[C@H](C)C(=O)Nc2cc(C)ccc2C)c1. The van der Waals surface area contributed by atoms with E-state index in [0.717, 1.165) is 11.1 Å². The van der Waals surface area contributed by atoms with Gasteiger partial charge in [-0.2, -0.15) is 0 Å². The van der Waals surface area contributed by atoms with Gasteiger partial charge in [0.2, 0.25) is 0 Å². The summed E-state index contributed by atoms with van der Waals surface area (Å²) >= 11 is 0. The molecule has 0 bridgehead atoms. The molecule has 1 atom stereocenters. The van der Waals surface area contributed by atoms with E-state index in [2.05, 4.69) is 5.32 Å². The third kappa shape index (κ3) is 5.41. The number of rotatable bonds is 7. The Morgan fingerprint density at radius 1 is 1.10 bits per heavy atom. The number of amides is 1. The molecule has 0 unspecified atom stereocenters. The van der Waals surface area contributed by atoms with Crippen molar-refractivity contribution in [1.82, 2.24) is 4.47 Å². The first-order valence-electron chi connectivity index (χ1n) is 8.78. The van der Waals surface area contributed by atoms with E-state index in [4.69, 9.17) is 9.57 Å². The summed E-state index contributed by atoms with van der Waals surface area (Å²) in [6, 6.07) is 10.9. The number of nitrogens with zero attached hydrogens (tertiary/aromatic N) is 1. The van der Waals surface area contributed by atoms with E-state index in [9.17, 15) is 18.0 Å². The maximum Gasteiger partial charge on any atom is 0.338 e. The van der Waals surface area contributed by atoms with Crippen molar-refractivity contribution in [2.75, 3.05) is 19.5 Å². The number of esters is 1. The molecular formula is C20H24N2O6S. The first-order valence-corrected chi connectivity index (χ1v) is 10.2. The average Bonchev–Trinajstić information content (AvgIpc) is 2.69. The number of hydrogen-bond acceptors (Lipinski definition) is 6. The summed E-state index contributed by atoms with van der Waals surface area (Å²) in [4.78, 5) is 29.4. The predicted molar refractivity (Wildman–Crippen MR) is 108 cm³/mol. The van der Waals surface area contributed by atoms with Crippen molar-refractivity contribution in [2.45, 2.75) is 31.8 Å². The highest BCUT2D eigenvalue weighted by atomic mass is 32.2. The Labute approximate surface area is 170 Å². The molecule has 2 aromatic rings. The van der Waals surface area contributed by atoms with Gasteiger partial charge in [-0.1, -0.05) is 22.7 Å². The van der Waals surface area contributed by atoms with E-state index >= 15 is 0 Å². The minimum Gasteiger partial charge on any atom is -0.449 e. The Balaban J connectivity index is 2.12. The van der Waals surface area contributed by atoms with Crippen LogP contribution >= 0.6 is 0 Å². The first-order chi connectivity index (χ1) is 13.6. The van der Waals surface area contributed by atoms with E-state index in [1.54, 1.807) is 0 Å². The Bertz CT molecular complexity index is 1020. The van der Waals surface area contributed by atoms with Crippen molar-refractivity contribution >= 4 is 27.6 Å². The van der Waals surface area contributed by atoms with Crippen LogP contribution < -0.4 is 5.32 Å². The van der Waals surface area contributed by atoms with Crippen LogP contribution in [0.5, 0.6) is 0 Å². The van der Waals surface area contributed by atoms with Crippen molar-refractivity contribution < 1.29 is 27.6 Å². The molecule has 0 aliphatic heterocycles. The maximum atomic E-state index is 12.4. The Kier molecular flexibility index (Phi) is 7.12. The second-order valence-corrected chi connectivity index (χ2v) is 8.42. The molecule has 0 aliphatic carbocycles. The summed E-state index contributed by atoms with van der Waals surface area (Å²) in [5.41, 5.74) is 2.49. The van der Waals surface area contributed by atoms with Crippen LogP contribution in [0.15, 0.2) is 47.4 Å². The highest BCUT2D eigenvalue weighted by Crippen LogP contribution is 2.19. The van der Waals surface area contributed by atoms with Gasteiger partial charge in [0, 0.05) is 12.7 Å². The lowest BCUT2D eigenvalue weighted by atomic mass is 10.1. The lowest BCUT2D eigenvalue weighted by Crippen LogP contribution is -2.30. The molecule has 0 fully saturated rings. The van der Waals surface area contributed by atoms with Gasteiger partial charge in [0.05, 0.1) is 17.6 Å². The molecule has 29 heavy (non-hydrogen) atoms. The van der Waals surface area contributed by atoms with Crippen LogP contribution in [0.3, 0.4) is 0 Å². The molecular weight excluding hydrogens is 396 g/mol. The molecule has 1 N–H and O–H groups in total. The van der Waals surface area contributed by atoms with E-state index in [0.29, 0.717) is 10.2 Å². The molecule has 1 amide bonds. The summed E-state index contributed by atoms with van der Waals surface area (Å²) in [5, 5.41) is 2.73. The lowest BCUT2D eigenvalue weighted by molar-refractivity contribution is -0.123. The van der Waals surface area contributed by atoms with Gasteiger partial charge in [0.25, 0.3) is 15.9 Å². The van der Waals surface area contributed by atoms with Crippen LogP contribution in [0.4, 0.5) is 5.69 Å². The number of hydroxylamine groups is 1. The van der Waals surface area contributed by atoms with Crippen LogP contribution in [0.2, 0.25) is 0 Å². The van der Waals surface area contributed by atoms with Crippen LogP contribution in [0, 0.1) is 13.8 Å². The van der Waals surface area contributed by atoms with Gasteiger partial charge in [0.1, 0.15) is 0 Å². The Hall–Kier alpha value is -2.75. The number of aryl methyl sites for hydroxylation is 2. The molecule has 2 rings (SSSR count). The fraction of sp³-hybridized carbons (Fsp3) is 0.300. The third-order valence-corrected chi connectivity index (χ3v) is 5.94.